The molecule has 12 nitrogen and oxygen atoms in total. The van der Waals surface area contributed by atoms with Gasteiger partial charge in [-0.05, 0) is 96.2 Å². The second-order valence-electron chi connectivity index (χ2n) is 14.0. The number of hydrogen-bond acceptors (Lipinski definition) is 10. The average Bonchev–Trinajstić information content (AvgIpc) is 3.03. The number of pyridine rings is 1. The summed E-state index contributed by atoms with van der Waals surface area (Å²) in [6.45, 7) is 11.5. The van der Waals surface area contributed by atoms with Crippen molar-refractivity contribution in [2.45, 2.75) is 103 Å². The Bertz CT molecular complexity index is 1690. The van der Waals surface area contributed by atoms with E-state index >= 15 is 0 Å². The first kappa shape index (κ1) is 34.6. The SMILES string of the molecule is CC(C)N(C(=O)c1cc(F)ccc1Oc1nnc(Cl)nc1N1CCC(Oc2ccnc3c2CCN(C(=O)OC(C)(C)C)C3)CC1)C1CCC1. The van der Waals surface area contributed by atoms with Gasteiger partial charge in [0.2, 0.25) is 5.28 Å². The van der Waals surface area contributed by atoms with E-state index in [0.717, 1.165) is 36.3 Å². The van der Waals surface area contributed by atoms with Crippen LogP contribution in [0.15, 0.2) is 30.5 Å². The topological polar surface area (TPSA) is 123 Å². The maximum Gasteiger partial charge on any atom is 0.410 e. The molecule has 6 rings (SSSR count). The molecule has 3 aromatic rings. The lowest BCUT2D eigenvalue weighted by Gasteiger charge is -2.40. The van der Waals surface area contributed by atoms with Crippen LogP contribution in [-0.2, 0) is 17.7 Å². The van der Waals surface area contributed by atoms with E-state index in [-0.39, 0.29) is 52.7 Å². The van der Waals surface area contributed by atoms with E-state index in [1.54, 1.807) is 16.0 Å². The minimum atomic E-state index is -0.571. The van der Waals surface area contributed by atoms with Crippen molar-refractivity contribution in [1.29, 1.82) is 0 Å². The van der Waals surface area contributed by atoms with Crippen LogP contribution in [0.1, 0.15) is 88.3 Å². The smallest absolute Gasteiger partial charge is 0.410 e. The molecule has 0 spiro atoms. The third kappa shape index (κ3) is 7.98. The molecule has 1 aromatic carbocycles. The van der Waals surface area contributed by atoms with Gasteiger partial charge < -0.3 is 28.9 Å². The summed E-state index contributed by atoms with van der Waals surface area (Å²) in [6, 6.07) is 5.82. The number of piperidine rings is 1. The Balaban J connectivity index is 1.14. The summed E-state index contributed by atoms with van der Waals surface area (Å²) in [4.78, 5) is 40.8. The minimum Gasteiger partial charge on any atom is -0.490 e. The van der Waals surface area contributed by atoms with E-state index in [4.69, 9.17) is 25.8 Å². The highest BCUT2D eigenvalue weighted by Crippen LogP contribution is 2.36. The predicted octanol–water partition coefficient (Wildman–Crippen LogP) is 6.60. The monoisotopic (exact) mass is 695 g/mol. The number of aromatic nitrogens is 4. The van der Waals surface area contributed by atoms with Gasteiger partial charge in [0.1, 0.15) is 29.0 Å². The van der Waals surface area contributed by atoms with Crippen molar-refractivity contribution in [3.63, 3.8) is 0 Å². The van der Waals surface area contributed by atoms with Crippen molar-refractivity contribution in [2.24, 2.45) is 0 Å². The van der Waals surface area contributed by atoms with Crippen molar-refractivity contribution in [1.82, 2.24) is 30.0 Å². The molecule has 0 N–H and O–H groups in total. The lowest BCUT2D eigenvalue weighted by atomic mass is 9.90. The fourth-order valence-corrected chi connectivity index (χ4v) is 6.55. The van der Waals surface area contributed by atoms with E-state index < -0.39 is 11.4 Å². The molecular weight excluding hydrogens is 653 g/mol. The molecule has 1 aliphatic carbocycles. The summed E-state index contributed by atoms with van der Waals surface area (Å²) in [5, 5.41) is 8.04. The first-order valence-corrected chi connectivity index (χ1v) is 17.3. The van der Waals surface area contributed by atoms with Crippen LogP contribution >= 0.6 is 11.6 Å². The van der Waals surface area contributed by atoms with E-state index in [1.165, 1.54) is 18.2 Å². The summed E-state index contributed by atoms with van der Waals surface area (Å²) in [5.41, 5.74) is 1.35. The molecule has 0 unspecified atom stereocenters. The van der Waals surface area contributed by atoms with Gasteiger partial charge in [-0.25, -0.2) is 9.18 Å². The first-order valence-electron chi connectivity index (χ1n) is 16.9. The molecule has 0 radical (unpaired) electrons. The highest BCUT2D eigenvalue weighted by atomic mass is 35.5. The Morgan fingerprint density at radius 2 is 1.80 bits per heavy atom. The zero-order valence-corrected chi connectivity index (χ0v) is 29.4. The van der Waals surface area contributed by atoms with Crippen LogP contribution in [0.25, 0.3) is 0 Å². The second kappa shape index (κ2) is 14.3. The number of carbonyl (C=O) groups is 2. The summed E-state index contributed by atoms with van der Waals surface area (Å²) in [6.07, 6.45) is 6.15. The Morgan fingerprint density at radius 1 is 1.04 bits per heavy atom. The Labute approximate surface area is 290 Å². The Morgan fingerprint density at radius 3 is 2.47 bits per heavy atom. The van der Waals surface area contributed by atoms with Crippen LogP contribution in [0.4, 0.5) is 15.0 Å². The molecule has 2 amide bonds. The maximum absolute atomic E-state index is 14.5. The van der Waals surface area contributed by atoms with Gasteiger partial charge in [-0.1, -0.05) is 0 Å². The molecule has 0 bridgehead atoms. The number of ether oxygens (including phenoxy) is 3. The van der Waals surface area contributed by atoms with Gasteiger partial charge in [-0.3, -0.25) is 9.78 Å². The number of amides is 2. The Hall–Kier alpha value is -4.26. The first-order chi connectivity index (χ1) is 23.4. The zero-order chi connectivity index (χ0) is 34.9. The lowest BCUT2D eigenvalue weighted by Crippen LogP contribution is -2.48. The molecule has 14 heteroatoms. The minimum absolute atomic E-state index is 0.0454. The molecule has 4 heterocycles. The van der Waals surface area contributed by atoms with Crippen LogP contribution in [0.3, 0.4) is 0 Å². The molecule has 2 fully saturated rings. The number of hydrogen-bond donors (Lipinski definition) is 0. The van der Waals surface area contributed by atoms with Crippen molar-refractivity contribution in [3.05, 3.63) is 58.4 Å². The van der Waals surface area contributed by atoms with Crippen molar-refractivity contribution in [3.8, 4) is 17.4 Å². The van der Waals surface area contributed by atoms with E-state index in [0.29, 0.717) is 51.3 Å². The highest BCUT2D eigenvalue weighted by molar-refractivity contribution is 6.28. The standard InChI is InChI=1S/C35H43ClFN7O5/c1-21(2)44(23-7-6-8-23)32(45)26-19-22(37)9-10-28(26)48-31-30(39-33(36)41-40-31)42-16-12-24(13-17-42)47-29-11-15-38-27-20-43(18-14-25(27)29)34(46)49-35(3,4)5/h9-11,15,19,21,23-24H,6-8,12-14,16-18,20H2,1-5H3. The highest BCUT2D eigenvalue weighted by Gasteiger charge is 2.34. The van der Waals surface area contributed by atoms with Crippen LogP contribution in [0.5, 0.6) is 17.4 Å². The normalized spacial score (nSPS) is 17.0. The molecule has 49 heavy (non-hydrogen) atoms. The van der Waals surface area contributed by atoms with Crippen LogP contribution in [0, 0.1) is 5.82 Å². The Kier molecular flexibility index (Phi) is 10.1. The second-order valence-corrected chi connectivity index (χ2v) is 14.4. The quantitative estimate of drug-likeness (QED) is 0.255. The molecule has 262 valence electrons. The molecule has 2 aliphatic heterocycles. The van der Waals surface area contributed by atoms with Gasteiger partial charge in [0.05, 0.1) is 17.8 Å². The summed E-state index contributed by atoms with van der Waals surface area (Å²) in [7, 11) is 0. The maximum atomic E-state index is 14.5. The largest absolute Gasteiger partial charge is 0.490 e. The summed E-state index contributed by atoms with van der Waals surface area (Å²) < 4.78 is 32.8. The van der Waals surface area contributed by atoms with Gasteiger partial charge in [0, 0.05) is 56.3 Å². The van der Waals surface area contributed by atoms with E-state index in [2.05, 4.69) is 20.2 Å². The van der Waals surface area contributed by atoms with Crippen LogP contribution < -0.4 is 14.4 Å². The molecule has 3 aliphatic rings. The third-order valence-electron chi connectivity index (χ3n) is 9.01. The number of anilines is 1. The summed E-state index contributed by atoms with van der Waals surface area (Å²) in [5.74, 6) is 0.563. The average molecular weight is 696 g/mol. The lowest BCUT2D eigenvalue weighted by molar-refractivity contribution is 0.0218. The van der Waals surface area contributed by atoms with Gasteiger partial charge in [0.15, 0.2) is 5.82 Å². The zero-order valence-electron chi connectivity index (χ0n) is 28.6. The molecule has 1 saturated carbocycles. The molecule has 2 aromatic heterocycles. The number of nitrogens with zero attached hydrogens (tertiary/aromatic N) is 7. The third-order valence-corrected chi connectivity index (χ3v) is 9.17. The van der Waals surface area contributed by atoms with Gasteiger partial charge in [-0.2, -0.15) is 4.98 Å². The molecule has 1 saturated heterocycles. The van der Waals surface area contributed by atoms with Gasteiger partial charge in [-0.15, -0.1) is 10.2 Å². The van der Waals surface area contributed by atoms with Crippen LogP contribution in [0.2, 0.25) is 5.28 Å². The predicted molar refractivity (Wildman–Crippen MR) is 181 cm³/mol. The van der Waals surface area contributed by atoms with Crippen molar-refractivity contribution in [2.75, 3.05) is 24.5 Å². The van der Waals surface area contributed by atoms with Gasteiger partial charge >= 0.3 is 6.09 Å². The van der Waals surface area contributed by atoms with E-state index in [1.807, 2.05) is 45.6 Å². The molecule has 0 atom stereocenters. The van der Waals surface area contributed by atoms with Gasteiger partial charge in [0.25, 0.3) is 11.8 Å². The number of carbonyl (C=O) groups excluding carboxylic acids is 2. The fraction of sp³-hybridized carbons (Fsp3) is 0.543. The number of halogens is 2. The number of fused-ring (bicyclic) bond motifs is 1. The van der Waals surface area contributed by atoms with Crippen molar-refractivity contribution < 1.29 is 28.2 Å². The summed E-state index contributed by atoms with van der Waals surface area (Å²) >= 11 is 6.20. The fourth-order valence-electron chi connectivity index (χ4n) is 6.43. The van der Waals surface area contributed by atoms with E-state index in [9.17, 15) is 14.0 Å². The number of rotatable bonds is 8. The van der Waals surface area contributed by atoms with Crippen molar-refractivity contribution >= 4 is 29.4 Å². The van der Waals surface area contributed by atoms with Crippen LogP contribution in [-0.4, -0.2) is 85.4 Å². The number of benzene rings is 1. The molecular formula is C35H43ClFN7O5.